The molecule has 0 aliphatic carbocycles. The van der Waals surface area contributed by atoms with Crippen LogP contribution in [0.25, 0.3) is 0 Å². The van der Waals surface area contributed by atoms with Gasteiger partial charge in [-0.3, -0.25) is 0 Å². The average Bonchev–Trinajstić information content (AvgIpc) is 1.90. The second-order valence-electron chi connectivity index (χ2n) is 1.40. The van der Waals surface area contributed by atoms with Crippen molar-refractivity contribution in [1.29, 1.82) is 0 Å². The third kappa shape index (κ3) is 1.17. The highest BCUT2D eigenvalue weighted by Gasteiger charge is 1.82. The first-order chi connectivity index (χ1) is 3.93. The molecule has 0 saturated heterocycles. The lowest BCUT2D eigenvalue weighted by molar-refractivity contribution is 0.659. The molecule has 0 heterocycles. The molecule has 0 aromatic heterocycles. The number of hydrogen-bond acceptors (Lipinski definition) is 1. The van der Waals surface area contributed by atoms with Gasteiger partial charge in [0, 0.05) is 0 Å². The first-order valence-electron chi connectivity index (χ1n) is 2.28. The Morgan fingerprint density at radius 1 is 1.12 bits per heavy atom. The van der Waals surface area contributed by atoms with Crippen molar-refractivity contribution in [3.63, 3.8) is 0 Å². The van der Waals surface area contributed by atoms with Crippen LogP contribution in [0.5, 0.6) is 5.75 Å². The number of benzene rings is 1. The minimum absolute atomic E-state index is 0.725. The summed E-state index contributed by atoms with van der Waals surface area (Å²) in [5.74, 6) is 0.725. The number of para-hydroxylation sites is 1. The molecule has 1 nitrogen and oxygen atoms in total. The number of hydrogen-bond donors (Lipinski definition) is 0. The van der Waals surface area contributed by atoms with Crippen LogP contribution >= 0.6 is 12.9 Å². The maximum absolute atomic E-state index is 4.50. The average molecular weight is 125 g/mol. The van der Waals surface area contributed by atoms with E-state index in [2.05, 4.69) is 17.1 Å². The first-order valence-corrected chi connectivity index (χ1v) is 2.61. The van der Waals surface area contributed by atoms with Gasteiger partial charge in [0.1, 0.15) is 5.75 Å². The first kappa shape index (κ1) is 5.51. The molecule has 0 N–H and O–H groups in total. The topological polar surface area (TPSA) is 9.23 Å². The van der Waals surface area contributed by atoms with E-state index in [1.165, 1.54) is 0 Å². The fraction of sp³-hybridized carbons (Fsp3) is 0. The Morgan fingerprint density at radius 2 is 1.75 bits per heavy atom. The van der Waals surface area contributed by atoms with Crippen molar-refractivity contribution in [1.82, 2.24) is 0 Å². The number of rotatable bonds is 1. The van der Waals surface area contributed by atoms with Crippen LogP contribution in [0.2, 0.25) is 0 Å². The summed E-state index contributed by atoms with van der Waals surface area (Å²) >= 11 is 4.32. The zero-order valence-electron chi connectivity index (χ0n) is 4.20. The van der Waals surface area contributed by atoms with E-state index in [1.807, 2.05) is 30.3 Å². The largest absolute Gasteiger partial charge is 0.411 e. The van der Waals surface area contributed by atoms with E-state index in [-0.39, 0.29) is 0 Å². The van der Waals surface area contributed by atoms with Gasteiger partial charge < -0.3 is 4.18 Å². The van der Waals surface area contributed by atoms with Crippen LogP contribution in [-0.4, -0.2) is 0 Å². The molecule has 0 aliphatic rings. The van der Waals surface area contributed by atoms with Gasteiger partial charge in [0.05, 0.1) is 0 Å². The summed E-state index contributed by atoms with van der Waals surface area (Å²) in [6, 6.07) is 9.29. The summed E-state index contributed by atoms with van der Waals surface area (Å²) < 4.78 is 4.50. The third-order valence-electron chi connectivity index (χ3n) is 0.839. The van der Waals surface area contributed by atoms with Crippen molar-refractivity contribution >= 4 is 12.9 Å². The van der Waals surface area contributed by atoms with Gasteiger partial charge in [-0.15, -0.1) is 0 Å². The fourth-order valence-electron chi connectivity index (χ4n) is 0.476. The SMILES string of the molecule is [S]Oc1ccccc1. The smallest absolute Gasteiger partial charge is 0.169 e. The van der Waals surface area contributed by atoms with Crippen LogP contribution in [0.4, 0.5) is 0 Å². The zero-order valence-corrected chi connectivity index (χ0v) is 5.02. The van der Waals surface area contributed by atoms with Gasteiger partial charge >= 0.3 is 0 Å². The molecule has 0 amide bonds. The quantitative estimate of drug-likeness (QED) is 0.559. The van der Waals surface area contributed by atoms with Crippen LogP contribution in [0.3, 0.4) is 0 Å². The van der Waals surface area contributed by atoms with E-state index in [9.17, 15) is 0 Å². The van der Waals surface area contributed by atoms with Crippen molar-refractivity contribution in [3.8, 4) is 5.75 Å². The molecule has 0 bridgehead atoms. The molecule has 0 fully saturated rings. The summed E-state index contributed by atoms with van der Waals surface area (Å²) in [5, 5.41) is 0. The fourth-order valence-corrected chi connectivity index (χ4v) is 0.587. The molecule has 1 rings (SSSR count). The summed E-state index contributed by atoms with van der Waals surface area (Å²) in [6.07, 6.45) is 0. The highest BCUT2D eigenvalue weighted by molar-refractivity contribution is 7.75. The predicted octanol–water partition coefficient (Wildman–Crippen LogP) is 2.18. The molecule has 0 aliphatic heterocycles. The third-order valence-corrected chi connectivity index (χ3v) is 1.03. The van der Waals surface area contributed by atoms with E-state index in [1.54, 1.807) is 0 Å². The van der Waals surface area contributed by atoms with Crippen LogP contribution in [0.15, 0.2) is 30.3 Å². The van der Waals surface area contributed by atoms with Gasteiger partial charge in [0.25, 0.3) is 0 Å². The van der Waals surface area contributed by atoms with E-state index in [0.29, 0.717) is 0 Å². The van der Waals surface area contributed by atoms with Crippen LogP contribution in [0.1, 0.15) is 0 Å². The summed E-state index contributed by atoms with van der Waals surface area (Å²) in [5.41, 5.74) is 0. The lowest BCUT2D eigenvalue weighted by Gasteiger charge is -1.90. The molecule has 1 aromatic carbocycles. The summed E-state index contributed by atoms with van der Waals surface area (Å²) in [4.78, 5) is 0. The second-order valence-corrected chi connectivity index (χ2v) is 1.56. The highest BCUT2D eigenvalue weighted by atomic mass is 32.1. The lowest BCUT2D eigenvalue weighted by Crippen LogP contribution is -1.69. The van der Waals surface area contributed by atoms with E-state index in [4.69, 9.17) is 0 Å². The minimum Gasteiger partial charge on any atom is -0.411 e. The van der Waals surface area contributed by atoms with Gasteiger partial charge in [-0.2, -0.15) is 0 Å². The van der Waals surface area contributed by atoms with Crippen LogP contribution < -0.4 is 4.18 Å². The Balaban J connectivity index is 2.83. The molecule has 8 heavy (non-hydrogen) atoms. The van der Waals surface area contributed by atoms with Crippen LogP contribution in [0, 0.1) is 0 Å². The van der Waals surface area contributed by atoms with Gasteiger partial charge in [-0.05, 0) is 12.1 Å². The summed E-state index contributed by atoms with van der Waals surface area (Å²) in [7, 11) is 0. The Kier molecular flexibility index (Phi) is 1.80. The predicted molar refractivity (Wildman–Crippen MR) is 34.7 cm³/mol. The monoisotopic (exact) mass is 125 g/mol. The molecule has 2 heteroatoms. The highest BCUT2D eigenvalue weighted by Crippen LogP contribution is 2.08. The van der Waals surface area contributed by atoms with Gasteiger partial charge in [0.15, 0.2) is 12.9 Å². The maximum Gasteiger partial charge on any atom is 0.169 e. The van der Waals surface area contributed by atoms with E-state index < -0.39 is 0 Å². The molecule has 0 atom stereocenters. The van der Waals surface area contributed by atoms with Crippen molar-refractivity contribution in [2.24, 2.45) is 0 Å². The molecule has 0 unspecified atom stereocenters. The Labute approximate surface area is 53.9 Å². The second kappa shape index (κ2) is 2.62. The molecule has 1 aromatic rings. The van der Waals surface area contributed by atoms with Gasteiger partial charge in [-0.25, -0.2) is 0 Å². The van der Waals surface area contributed by atoms with Crippen molar-refractivity contribution in [3.05, 3.63) is 30.3 Å². The molecule has 1 radical (unpaired) electrons. The molecule has 41 valence electrons. The normalized spacial score (nSPS) is 8.62. The standard InChI is InChI=1S/C6H5OS/c8-7-6-4-2-1-3-5-6/h1-5H. The Bertz CT molecular complexity index is 150. The zero-order chi connectivity index (χ0) is 5.82. The lowest BCUT2D eigenvalue weighted by atomic mass is 10.3. The van der Waals surface area contributed by atoms with Crippen LogP contribution in [-0.2, 0) is 0 Å². The Hall–Kier alpha value is -0.630. The van der Waals surface area contributed by atoms with E-state index >= 15 is 0 Å². The van der Waals surface area contributed by atoms with Gasteiger partial charge in [-0.1, -0.05) is 18.2 Å². The summed E-state index contributed by atoms with van der Waals surface area (Å²) in [6.45, 7) is 0. The van der Waals surface area contributed by atoms with Gasteiger partial charge in [0.2, 0.25) is 0 Å². The molecule has 0 spiro atoms. The molecular weight excluding hydrogens is 120 g/mol. The Morgan fingerprint density at radius 3 is 2.12 bits per heavy atom. The maximum atomic E-state index is 4.50. The van der Waals surface area contributed by atoms with Crippen molar-refractivity contribution in [2.75, 3.05) is 0 Å². The minimum atomic E-state index is 0.725. The van der Waals surface area contributed by atoms with Crippen molar-refractivity contribution in [2.45, 2.75) is 0 Å². The molecular formula is C6H5OS. The van der Waals surface area contributed by atoms with Crippen molar-refractivity contribution < 1.29 is 4.18 Å². The van der Waals surface area contributed by atoms with E-state index in [0.717, 1.165) is 5.75 Å². The molecule has 0 saturated carbocycles.